The van der Waals surface area contributed by atoms with Gasteiger partial charge in [-0.15, -0.1) is 11.8 Å². The van der Waals surface area contributed by atoms with Crippen LogP contribution in [0.3, 0.4) is 0 Å². The molecule has 1 saturated carbocycles. The van der Waals surface area contributed by atoms with E-state index in [0.29, 0.717) is 6.54 Å². The van der Waals surface area contributed by atoms with Gasteiger partial charge in [-0.05, 0) is 49.6 Å². The molecule has 1 aromatic carbocycles. The van der Waals surface area contributed by atoms with Crippen LogP contribution < -0.4 is 5.32 Å². The molecule has 1 aliphatic heterocycles. The molecule has 0 spiro atoms. The summed E-state index contributed by atoms with van der Waals surface area (Å²) in [5.41, 5.74) is 0.164. The van der Waals surface area contributed by atoms with Crippen molar-refractivity contribution in [3.63, 3.8) is 0 Å². The maximum absolute atomic E-state index is 12.6. The van der Waals surface area contributed by atoms with Crippen LogP contribution in [0.5, 0.6) is 0 Å². The van der Waals surface area contributed by atoms with Crippen molar-refractivity contribution in [2.45, 2.75) is 36.7 Å². The lowest BCUT2D eigenvalue weighted by Crippen LogP contribution is -2.47. The number of hydrogen-bond acceptors (Lipinski definition) is 4. The Morgan fingerprint density at radius 3 is 2.52 bits per heavy atom. The molecule has 0 bridgehead atoms. The Morgan fingerprint density at radius 2 is 1.96 bits per heavy atom. The minimum atomic E-state index is -0.844. The summed E-state index contributed by atoms with van der Waals surface area (Å²) >= 11 is 1.66. The number of carbonyl (C=O) groups is 3. The lowest BCUT2D eigenvalue weighted by molar-refractivity contribution is -0.138. The average molecular weight is 361 g/mol. The van der Waals surface area contributed by atoms with Crippen LogP contribution in [-0.4, -0.2) is 53.0 Å². The molecule has 2 aliphatic rings. The van der Waals surface area contributed by atoms with Crippen molar-refractivity contribution in [2.75, 3.05) is 19.8 Å². The smallest absolute Gasteiger partial charge is 0.325 e. The van der Waals surface area contributed by atoms with Crippen molar-refractivity contribution in [3.05, 3.63) is 29.8 Å². The van der Waals surface area contributed by atoms with Gasteiger partial charge in [0.15, 0.2) is 0 Å². The second-order valence-corrected chi connectivity index (χ2v) is 7.78. The third-order valence-corrected chi connectivity index (χ3v) is 5.74. The summed E-state index contributed by atoms with van der Waals surface area (Å²) in [6.45, 7) is 1.98. The summed E-state index contributed by atoms with van der Waals surface area (Å²) in [5.74, 6) is -0.347. The highest BCUT2D eigenvalue weighted by Crippen LogP contribution is 2.42. The molecular weight excluding hydrogens is 338 g/mol. The minimum absolute atomic E-state index is 0.191. The zero-order valence-corrected chi connectivity index (χ0v) is 15.6. The van der Waals surface area contributed by atoms with Gasteiger partial charge in [0.05, 0.1) is 0 Å². The Kier molecular flexibility index (Phi) is 4.77. The van der Waals surface area contributed by atoms with E-state index in [2.05, 4.69) is 5.32 Å². The Bertz CT molecular complexity index is 702. The molecular formula is C18H23N3O3S. The van der Waals surface area contributed by atoms with E-state index >= 15 is 0 Å². The van der Waals surface area contributed by atoms with Crippen LogP contribution in [0.2, 0.25) is 0 Å². The summed E-state index contributed by atoms with van der Waals surface area (Å²) in [5, 5.41) is 2.76. The van der Waals surface area contributed by atoms with Crippen molar-refractivity contribution in [1.82, 2.24) is 15.1 Å². The predicted octanol–water partition coefficient (Wildman–Crippen LogP) is 2.09. The summed E-state index contributed by atoms with van der Waals surface area (Å²) in [6.07, 6.45) is 3.89. The minimum Gasteiger partial charge on any atom is -0.340 e. The van der Waals surface area contributed by atoms with E-state index in [1.165, 1.54) is 0 Å². The fourth-order valence-electron chi connectivity index (χ4n) is 3.15. The molecule has 1 aromatic rings. The quantitative estimate of drug-likeness (QED) is 0.622. The van der Waals surface area contributed by atoms with Gasteiger partial charge in [-0.1, -0.05) is 12.1 Å². The molecule has 1 N–H and O–H groups in total. The van der Waals surface area contributed by atoms with Crippen LogP contribution in [0.25, 0.3) is 0 Å². The van der Waals surface area contributed by atoms with Crippen LogP contribution in [0.4, 0.5) is 4.79 Å². The molecule has 7 heteroatoms. The number of imide groups is 1. The first-order valence-electron chi connectivity index (χ1n) is 8.36. The lowest BCUT2D eigenvalue weighted by atomic mass is 9.96. The summed E-state index contributed by atoms with van der Waals surface area (Å²) in [4.78, 5) is 40.9. The van der Waals surface area contributed by atoms with E-state index in [-0.39, 0.29) is 24.3 Å². The van der Waals surface area contributed by atoms with Gasteiger partial charge in [0.2, 0.25) is 5.91 Å². The summed E-state index contributed by atoms with van der Waals surface area (Å²) < 4.78 is 0. The monoisotopic (exact) mass is 361 g/mol. The third-order valence-electron chi connectivity index (χ3n) is 4.99. The second kappa shape index (κ2) is 6.71. The number of rotatable bonds is 6. The summed E-state index contributed by atoms with van der Waals surface area (Å²) in [7, 11) is 1.68. The highest BCUT2D eigenvalue weighted by molar-refractivity contribution is 7.98. The van der Waals surface area contributed by atoms with Gasteiger partial charge in [-0.25, -0.2) is 4.79 Å². The van der Waals surface area contributed by atoms with Crippen molar-refractivity contribution in [3.8, 4) is 0 Å². The molecule has 0 radical (unpaired) electrons. The molecule has 1 aliphatic carbocycles. The van der Waals surface area contributed by atoms with E-state index in [0.717, 1.165) is 28.2 Å². The number of carbonyl (C=O) groups excluding carboxylic acids is 3. The first-order valence-corrected chi connectivity index (χ1v) is 9.58. The number of benzene rings is 1. The SMILES string of the molecule is CSc1ccc(CN(C)C(=O)CN2C(=O)N[C@@](C)(C3CC3)C2=O)cc1. The Balaban J connectivity index is 1.61. The number of amides is 4. The van der Waals surface area contributed by atoms with Crippen molar-refractivity contribution in [1.29, 1.82) is 0 Å². The molecule has 6 nitrogen and oxygen atoms in total. The zero-order valence-electron chi connectivity index (χ0n) is 14.7. The summed E-state index contributed by atoms with van der Waals surface area (Å²) in [6, 6.07) is 7.51. The molecule has 3 rings (SSSR count). The highest BCUT2D eigenvalue weighted by Gasteiger charge is 2.56. The van der Waals surface area contributed by atoms with Gasteiger partial charge in [-0.3, -0.25) is 14.5 Å². The van der Waals surface area contributed by atoms with Gasteiger partial charge in [0, 0.05) is 18.5 Å². The molecule has 4 amide bonds. The van der Waals surface area contributed by atoms with Crippen LogP contribution in [0.1, 0.15) is 25.3 Å². The predicted molar refractivity (Wildman–Crippen MR) is 96.1 cm³/mol. The van der Waals surface area contributed by atoms with Crippen LogP contribution in [0.15, 0.2) is 29.2 Å². The molecule has 134 valence electrons. The fourth-order valence-corrected chi connectivity index (χ4v) is 3.55. The van der Waals surface area contributed by atoms with Crippen LogP contribution in [-0.2, 0) is 16.1 Å². The van der Waals surface area contributed by atoms with Crippen LogP contribution in [0, 0.1) is 5.92 Å². The van der Waals surface area contributed by atoms with Gasteiger partial charge < -0.3 is 10.2 Å². The first-order chi connectivity index (χ1) is 11.8. The molecule has 2 fully saturated rings. The number of nitrogens with zero attached hydrogens (tertiary/aromatic N) is 2. The van der Waals surface area contributed by atoms with E-state index < -0.39 is 11.6 Å². The zero-order chi connectivity index (χ0) is 18.2. The molecule has 1 heterocycles. The number of thioether (sulfide) groups is 1. The highest BCUT2D eigenvalue weighted by atomic mass is 32.2. The Hall–Kier alpha value is -2.02. The fraction of sp³-hybridized carbons (Fsp3) is 0.500. The number of hydrogen-bond donors (Lipinski definition) is 1. The van der Waals surface area contributed by atoms with Crippen molar-refractivity contribution < 1.29 is 14.4 Å². The standard InChI is InChI=1S/C18H23N3O3S/c1-18(13-6-7-13)16(23)21(17(24)19-18)11-15(22)20(2)10-12-4-8-14(25-3)9-5-12/h4-5,8-9,13H,6-7,10-11H2,1-3H3,(H,19,24)/t18-/m0/s1. The maximum Gasteiger partial charge on any atom is 0.325 e. The van der Waals surface area contributed by atoms with Gasteiger partial charge in [0.1, 0.15) is 12.1 Å². The van der Waals surface area contributed by atoms with Crippen molar-refractivity contribution >= 4 is 29.6 Å². The second-order valence-electron chi connectivity index (χ2n) is 6.90. The number of likely N-dealkylation sites (N-methyl/N-ethyl adjacent to an activating group) is 1. The molecule has 0 aromatic heterocycles. The van der Waals surface area contributed by atoms with Gasteiger partial charge in [0.25, 0.3) is 5.91 Å². The number of nitrogens with one attached hydrogen (secondary N) is 1. The third kappa shape index (κ3) is 3.51. The topological polar surface area (TPSA) is 69.7 Å². The number of urea groups is 1. The lowest BCUT2D eigenvalue weighted by Gasteiger charge is -2.22. The van der Waals surface area contributed by atoms with Gasteiger partial charge in [-0.2, -0.15) is 0 Å². The molecule has 0 unspecified atom stereocenters. The van der Waals surface area contributed by atoms with E-state index in [4.69, 9.17) is 0 Å². The largest absolute Gasteiger partial charge is 0.340 e. The molecule has 1 saturated heterocycles. The first kappa shape index (κ1) is 17.8. The molecule has 25 heavy (non-hydrogen) atoms. The normalized spacial score (nSPS) is 22.9. The average Bonchev–Trinajstić information content (AvgIpc) is 3.41. The van der Waals surface area contributed by atoms with E-state index in [1.807, 2.05) is 30.5 Å². The Morgan fingerprint density at radius 1 is 1.32 bits per heavy atom. The van der Waals surface area contributed by atoms with Crippen LogP contribution >= 0.6 is 11.8 Å². The van der Waals surface area contributed by atoms with E-state index in [9.17, 15) is 14.4 Å². The van der Waals surface area contributed by atoms with Crippen molar-refractivity contribution in [2.24, 2.45) is 5.92 Å². The van der Waals surface area contributed by atoms with Gasteiger partial charge >= 0.3 is 6.03 Å². The van der Waals surface area contributed by atoms with E-state index in [1.54, 1.807) is 30.6 Å². The maximum atomic E-state index is 12.6. The Labute approximate surface area is 151 Å². The molecule has 1 atom stereocenters.